The third-order valence-electron chi connectivity index (χ3n) is 8.90. The number of benzene rings is 1. The van der Waals surface area contributed by atoms with Gasteiger partial charge < -0.3 is 9.47 Å². The SMILES string of the molecule is Cc1cccc(Cn2cccc2CN(C(=O)C23CC4CC(CC(C4)C2)C3)C(C)C(C)C)c1. The number of nitrogens with zero attached hydrogens (tertiary/aromatic N) is 2. The molecule has 2 aromatic rings. The lowest BCUT2D eigenvalue weighted by Crippen LogP contribution is -2.56. The molecule has 4 fully saturated rings. The first-order chi connectivity index (χ1) is 15.3. The molecule has 3 heteroatoms. The Balaban J connectivity index is 1.40. The summed E-state index contributed by atoms with van der Waals surface area (Å²) in [7, 11) is 0. The van der Waals surface area contributed by atoms with Crippen LogP contribution >= 0.6 is 0 Å². The lowest BCUT2D eigenvalue weighted by atomic mass is 9.49. The molecule has 172 valence electrons. The number of carbonyl (C=O) groups is 1. The van der Waals surface area contributed by atoms with E-state index in [2.05, 4.69) is 79.8 Å². The molecule has 4 saturated carbocycles. The molecule has 0 radical (unpaired) electrons. The van der Waals surface area contributed by atoms with Crippen LogP contribution in [0.4, 0.5) is 0 Å². The van der Waals surface area contributed by atoms with Gasteiger partial charge in [-0.05, 0) is 93.7 Å². The smallest absolute Gasteiger partial charge is 0.229 e. The average Bonchev–Trinajstić information content (AvgIpc) is 3.16. The molecule has 1 unspecified atom stereocenters. The normalized spacial score (nSPS) is 29.5. The second-order valence-electron chi connectivity index (χ2n) is 11.7. The zero-order valence-corrected chi connectivity index (χ0v) is 20.4. The van der Waals surface area contributed by atoms with E-state index in [0.29, 0.717) is 11.8 Å². The highest BCUT2D eigenvalue weighted by atomic mass is 16.2. The van der Waals surface area contributed by atoms with Crippen LogP contribution in [0.15, 0.2) is 42.6 Å². The molecule has 4 bridgehead atoms. The van der Waals surface area contributed by atoms with E-state index >= 15 is 0 Å². The second-order valence-corrected chi connectivity index (χ2v) is 11.7. The van der Waals surface area contributed by atoms with Gasteiger partial charge in [-0.1, -0.05) is 43.7 Å². The molecule has 0 saturated heterocycles. The Bertz CT molecular complexity index is 936. The summed E-state index contributed by atoms with van der Waals surface area (Å²) >= 11 is 0. The molecule has 4 aliphatic rings. The Hall–Kier alpha value is -2.03. The maximum atomic E-state index is 14.3. The highest BCUT2D eigenvalue weighted by molar-refractivity contribution is 5.83. The molecule has 6 rings (SSSR count). The van der Waals surface area contributed by atoms with E-state index < -0.39 is 0 Å². The van der Waals surface area contributed by atoms with Gasteiger partial charge in [0.2, 0.25) is 5.91 Å². The van der Waals surface area contributed by atoms with Crippen LogP contribution in [0.5, 0.6) is 0 Å². The molecule has 1 heterocycles. The van der Waals surface area contributed by atoms with Crippen molar-refractivity contribution in [3.63, 3.8) is 0 Å². The van der Waals surface area contributed by atoms with E-state index in [4.69, 9.17) is 0 Å². The number of hydrogen-bond donors (Lipinski definition) is 0. The largest absolute Gasteiger partial charge is 0.345 e. The summed E-state index contributed by atoms with van der Waals surface area (Å²) in [5.74, 6) is 3.30. The molecular formula is C29H40N2O. The predicted molar refractivity (Wildman–Crippen MR) is 130 cm³/mol. The van der Waals surface area contributed by atoms with E-state index in [-0.39, 0.29) is 11.5 Å². The van der Waals surface area contributed by atoms with Crippen LogP contribution in [-0.4, -0.2) is 21.4 Å². The molecule has 32 heavy (non-hydrogen) atoms. The summed E-state index contributed by atoms with van der Waals surface area (Å²) in [5, 5.41) is 0. The number of rotatable bonds is 7. The summed E-state index contributed by atoms with van der Waals surface area (Å²) in [6.07, 6.45) is 9.74. The number of aromatic nitrogens is 1. The molecule has 1 aromatic carbocycles. The van der Waals surface area contributed by atoms with Gasteiger partial charge in [-0.3, -0.25) is 4.79 Å². The number of aryl methyl sites for hydroxylation is 1. The average molecular weight is 433 g/mol. The van der Waals surface area contributed by atoms with Gasteiger partial charge in [0, 0.05) is 24.5 Å². The lowest BCUT2D eigenvalue weighted by Gasteiger charge is -2.57. The quantitative estimate of drug-likeness (QED) is 0.494. The van der Waals surface area contributed by atoms with Crippen LogP contribution < -0.4 is 0 Å². The molecule has 4 aliphatic carbocycles. The number of hydrogen-bond acceptors (Lipinski definition) is 1. The van der Waals surface area contributed by atoms with Crippen molar-refractivity contribution in [3.05, 3.63) is 59.4 Å². The summed E-state index contributed by atoms with van der Waals surface area (Å²) in [5.41, 5.74) is 3.78. The van der Waals surface area contributed by atoms with Gasteiger partial charge in [0.15, 0.2) is 0 Å². The molecular weight excluding hydrogens is 392 g/mol. The fourth-order valence-corrected chi connectivity index (χ4v) is 7.37. The second kappa shape index (κ2) is 8.39. The van der Waals surface area contributed by atoms with Gasteiger partial charge in [-0.2, -0.15) is 0 Å². The van der Waals surface area contributed by atoms with Gasteiger partial charge in [0.1, 0.15) is 0 Å². The van der Waals surface area contributed by atoms with Crippen molar-refractivity contribution in [2.45, 2.75) is 85.4 Å². The van der Waals surface area contributed by atoms with Gasteiger partial charge in [0.25, 0.3) is 0 Å². The van der Waals surface area contributed by atoms with Crippen LogP contribution in [0.2, 0.25) is 0 Å². The van der Waals surface area contributed by atoms with E-state index in [9.17, 15) is 4.79 Å². The van der Waals surface area contributed by atoms with Gasteiger partial charge >= 0.3 is 0 Å². The van der Waals surface area contributed by atoms with Crippen LogP contribution in [0, 0.1) is 36.0 Å². The Kier molecular flexibility index (Phi) is 5.72. The minimum Gasteiger partial charge on any atom is -0.345 e. The third-order valence-corrected chi connectivity index (χ3v) is 8.90. The van der Waals surface area contributed by atoms with Crippen molar-refractivity contribution >= 4 is 5.91 Å². The minimum atomic E-state index is -0.0775. The first kappa shape index (κ1) is 21.8. The Morgan fingerprint density at radius 2 is 1.69 bits per heavy atom. The van der Waals surface area contributed by atoms with Crippen molar-refractivity contribution < 1.29 is 4.79 Å². The highest BCUT2D eigenvalue weighted by Gasteiger charge is 2.56. The first-order valence-electron chi connectivity index (χ1n) is 12.8. The summed E-state index contributed by atoms with van der Waals surface area (Å²) in [6, 6.07) is 13.3. The minimum absolute atomic E-state index is 0.0775. The predicted octanol–water partition coefficient (Wildman–Crippen LogP) is 6.43. The summed E-state index contributed by atoms with van der Waals surface area (Å²) in [4.78, 5) is 16.6. The lowest BCUT2D eigenvalue weighted by molar-refractivity contribution is -0.161. The zero-order chi connectivity index (χ0) is 22.5. The van der Waals surface area contributed by atoms with Gasteiger partial charge in [-0.25, -0.2) is 0 Å². The van der Waals surface area contributed by atoms with Gasteiger partial charge in [0.05, 0.1) is 12.0 Å². The van der Waals surface area contributed by atoms with Crippen LogP contribution in [-0.2, 0) is 17.9 Å². The monoisotopic (exact) mass is 432 g/mol. The molecule has 0 N–H and O–H groups in total. The standard InChI is InChI=1S/C29H40N2O/c1-20(2)22(4)31(28(32)29-15-24-12-25(16-29)14-26(13-24)17-29)19-27-9-6-10-30(27)18-23-8-5-7-21(3)11-23/h5-11,20,22,24-26H,12-19H2,1-4H3. The van der Waals surface area contributed by atoms with Gasteiger partial charge in [-0.15, -0.1) is 0 Å². The van der Waals surface area contributed by atoms with Crippen molar-refractivity contribution in [3.8, 4) is 0 Å². The highest BCUT2D eigenvalue weighted by Crippen LogP contribution is 2.60. The van der Waals surface area contributed by atoms with Crippen molar-refractivity contribution in [1.29, 1.82) is 0 Å². The van der Waals surface area contributed by atoms with Crippen molar-refractivity contribution in [2.24, 2.45) is 29.1 Å². The first-order valence-corrected chi connectivity index (χ1v) is 12.8. The topological polar surface area (TPSA) is 25.2 Å². The van der Waals surface area contributed by atoms with Crippen LogP contribution in [0.25, 0.3) is 0 Å². The zero-order valence-electron chi connectivity index (χ0n) is 20.4. The van der Waals surface area contributed by atoms with E-state index in [0.717, 1.165) is 50.1 Å². The summed E-state index contributed by atoms with van der Waals surface area (Å²) < 4.78 is 2.34. The number of amides is 1. The molecule has 0 aliphatic heterocycles. The Labute approximate surface area is 194 Å². The molecule has 1 aromatic heterocycles. The molecule has 3 nitrogen and oxygen atoms in total. The van der Waals surface area contributed by atoms with Crippen LogP contribution in [0.1, 0.15) is 76.1 Å². The molecule has 0 spiro atoms. The van der Waals surface area contributed by atoms with Crippen molar-refractivity contribution in [1.82, 2.24) is 9.47 Å². The fraction of sp³-hybridized carbons (Fsp3) is 0.621. The third kappa shape index (κ3) is 4.04. The molecule has 1 atom stereocenters. The van der Waals surface area contributed by atoms with Crippen molar-refractivity contribution in [2.75, 3.05) is 0 Å². The van der Waals surface area contributed by atoms with E-state index in [1.807, 2.05) is 0 Å². The van der Waals surface area contributed by atoms with E-state index in [1.54, 1.807) is 0 Å². The fourth-order valence-electron chi connectivity index (χ4n) is 7.37. The van der Waals surface area contributed by atoms with Crippen LogP contribution in [0.3, 0.4) is 0 Å². The molecule has 1 amide bonds. The maximum Gasteiger partial charge on any atom is 0.229 e. The number of carbonyl (C=O) groups excluding carboxylic acids is 1. The summed E-state index contributed by atoms with van der Waals surface area (Å²) in [6.45, 7) is 10.5. The van der Waals surface area contributed by atoms with E-state index in [1.165, 1.54) is 36.1 Å². The Morgan fingerprint density at radius 3 is 2.28 bits per heavy atom. The Morgan fingerprint density at radius 1 is 1.03 bits per heavy atom. The maximum absolute atomic E-state index is 14.3.